The molecule has 4 rings (SSSR count). The van der Waals surface area contributed by atoms with Crippen LogP contribution in [0, 0.1) is 10.1 Å². The van der Waals surface area contributed by atoms with Crippen molar-refractivity contribution in [1.29, 1.82) is 0 Å². The number of rotatable bonds is 3. The van der Waals surface area contributed by atoms with E-state index in [9.17, 15) is 14.9 Å². The first kappa shape index (κ1) is 16.7. The third-order valence-corrected chi connectivity index (χ3v) is 5.79. The van der Waals surface area contributed by atoms with Crippen molar-refractivity contribution in [2.24, 2.45) is 0 Å². The van der Waals surface area contributed by atoms with Crippen LogP contribution in [0.25, 0.3) is 22.4 Å². The molecule has 7 heteroatoms. The Balaban J connectivity index is 1.71. The second-order valence-corrected chi connectivity index (χ2v) is 7.46. The number of hydrogen-bond donors (Lipinski definition) is 1. The lowest BCUT2D eigenvalue weighted by molar-refractivity contribution is -0.384. The van der Waals surface area contributed by atoms with Crippen molar-refractivity contribution in [3.63, 3.8) is 0 Å². The third-order valence-electron chi connectivity index (χ3n) is 4.61. The number of H-pyrrole nitrogens is 1. The summed E-state index contributed by atoms with van der Waals surface area (Å²) in [6.45, 7) is 0. The number of aromatic nitrogens is 2. The molecule has 2 aromatic heterocycles. The average molecular weight is 367 g/mol. The SMILES string of the molecule is O=c1[nH]c(/C=C/c2cccc([N+](=O)[O-])c2)nc2sc3c(c12)CCCCC3. The van der Waals surface area contributed by atoms with Crippen LogP contribution in [0.5, 0.6) is 0 Å². The van der Waals surface area contributed by atoms with E-state index in [4.69, 9.17) is 0 Å². The van der Waals surface area contributed by atoms with Crippen LogP contribution < -0.4 is 5.56 Å². The van der Waals surface area contributed by atoms with E-state index in [1.807, 2.05) is 0 Å². The number of aryl methyl sites for hydroxylation is 2. The molecule has 0 fully saturated rings. The van der Waals surface area contributed by atoms with Gasteiger partial charge in [0.1, 0.15) is 10.7 Å². The van der Waals surface area contributed by atoms with Crippen molar-refractivity contribution in [2.45, 2.75) is 32.1 Å². The van der Waals surface area contributed by atoms with Crippen LogP contribution in [0.15, 0.2) is 29.1 Å². The van der Waals surface area contributed by atoms with Crippen LogP contribution in [-0.4, -0.2) is 14.9 Å². The Hall–Kier alpha value is -2.80. The average Bonchev–Trinajstić information content (AvgIpc) is 2.82. The van der Waals surface area contributed by atoms with Gasteiger partial charge in [0, 0.05) is 17.0 Å². The van der Waals surface area contributed by atoms with Gasteiger partial charge in [-0.2, -0.15) is 0 Å². The molecular weight excluding hydrogens is 350 g/mol. The van der Waals surface area contributed by atoms with Gasteiger partial charge in [0.05, 0.1) is 10.3 Å². The Labute approximate surface area is 153 Å². The highest BCUT2D eigenvalue weighted by Crippen LogP contribution is 2.32. The molecule has 1 aliphatic rings. The molecule has 132 valence electrons. The molecule has 0 saturated heterocycles. The van der Waals surface area contributed by atoms with Gasteiger partial charge in [0.25, 0.3) is 11.2 Å². The van der Waals surface area contributed by atoms with Gasteiger partial charge in [-0.25, -0.2) is 4.98 Å². The topological polar surface area (TPSA) is 88.9 Å². The molecule has 0 radical (unpaired) electrons. The van der Waals surface area contributed by atoms with E-state index in [0.717, 1.165) is 35.9 Å². The van der Waals surface area contributed by atoms with E-state index in [1.165, 1.54) is 29.0 Å². The zero-order valence-corrected chi connectivity index (χ0v) is 14.8. The molecule has 3 aromatic rings. The van der Waals surface area contributed by atoms with Crippen LogP contribution in [-0.2, 0) is 12.8 Å². The zero-order chi connectivity index (χ0) is 18.1. The summed E-state index contributed by atoms with van der Waals surface area (Å²) < 4.78 is 0. The normalized spacial score (nSPS) is 14.5. The molecule has 0 aliphatic heterocycles. The zero-order valence-electron chi connectivity index (χ0n) is 14.0. The van der Waals surface area contributed by atoms with E-state index in [0.29, 0.717) is 11.4 Å². The highest BCUT2D eigenvalue weighted by Gasteiger charge is 2.18. The van der Waals surface area contributed by atoms with Gasteiger partial charge in [-0.1, -0.05) is 24.6 Å². The first-order chi connectivity index (χ1) is 12.6. The molecule has 2 heterocycles. The Morgan fingerprint density at radius 1 is 1.19 bits per heavy atom. The van der Waals surface area contributed by atoms with Crippen LogP contribution in [0.4, 0.5) is 5.69 Å². The van der Waals surface area contributed by atoms with E-state index >= 15 is 0 Å². The number of nitro benzene ring substituents is 1. The largest absolute Gasteiger partial charge is 0.306 e. The van der Waals surface area contributed by atoms with Crippen molar-refractivity contribution >= 4 is 39.4 Å². The van der Waals surface area contributed by atoms with Gasteiger partial charge in [0.15, 0.2) is 0 Å². The number of nitrogens with one attached hydrogen (secondary N) is 1. The maximum atomic E-state index is 12.6. The molecule has 0 bridgehead atoms. The molecule has 26 heavy (non-hydrogen) atoms. The van der Waals surface area contributed by atoms with Gasteiger partial charge in [-0.3, -0.25) is 14.9 Å². The molecular formula is C19H17N3O3S. The van der Waals surface area contributed by atoms with E-state index in [1.54, 1.807) is 35.6 Å². The minimum atomic E-state index is -0.428. The summed E-state index contributed by atoms with van der Waals surface area (Å²) in [7, 11) is 0. The maximum absolute atomic E-state index is 12.6. The summed E-state index contributed by atoms with van der Waals surface area (Å²) in [5.41, 5.74) is 1.79. The molecule has 6 nitrogen and oxygen atoms in total. The van der Waals surface area contributed by atoms with Crippen molar-refractivity contribution in [3.05, 3.63) is 66.6 Å². The third kappa shape index (κ3) is 3.17. The molecule has 1 N–H and O–H groups in total. The highest BCUT2D eigenvalue weighted by atomic mass is 32.1. The number of fused-ring (bicyclic) bond motifs is 3. The van der Waals surface area contributed by atoms with Gasteiger partial charge in [-0.05, 0) is 42.9 Å². The molecule has 0 saturated carbocycles. The second-order valence-electron chi connectivity index (χ2n) is 6.38. The Bertz CT molecular complexity index is 1080. The first-order valence-electron chi connectivity index (χ1n) is 8.59. The van der Waals surface area contributed by atoms with Crippen molar-refractivity contribution in [3.8, 4) is 0 Å². The van der Waals surface area contributed by atoms with Crippen LogP contribution in [0.2, 0.25) is 0 Å². The summed E-state index contributed by atoms with van der Waals surface area (Å²) in [5, 5.41) is 11.6. The molecule has 0 amide bonds. The quantitative estimate of drug-likeness (QED) is 0.424. The Kier molecular flexibility index (Phi) is 4.38. The number of nitrogens with zero attached hydrogens (tertiary/aromatic N) is 2. The van der Waals surface area contributed by atoms with Gasteiger partial charge in [-0.15, -0.1) is 11.3 Å². The van der Waals surface area contributed by atoms with Crippen molar-refractivity contribution in [1.82, 2.24) is 9.97 Å². The maximum Gasteiger partial charge on any atom is 0.270 e. The lowest BCUT2D eigenvalue weighted by Gasteiger charge is -1.99. The predicted molar refractivity (Wildman–Crippen MR) is 104 cm³/mol. The van der Waals surface area contributed by atoms with E-state index in [2.05, 4.69) is 9.97 Å². The number of benzene rings is 1. The number of nitro groups is 1. The van der Waals surface area contributed by atoms with E-state index < -0.39 is 4.92 Å². The standard InChI is InChI=1S/C19H17N3O3S/c23-18-17-14-7-2-1-3-8-15(14)26-19(17)21-16(20-18)10-9-12-5-4-6-13(11-12)22(24)25/h4-6,9-11H,1-3,7-8H2,(H,20,21,23)/b10-9+. The Morgan fingerprint density at radius 2 is 2.04 bits per heavy atom. The fourth-order valence-electron chi connectivity index (χ4n) is 3.35. The van der Waals surface area contributed by atoms with E-state index in [-0.39, 0.29) is 11.2 Å². The lowest BCUT2D eigenvalue weighted by Crippen LogP contribution is -2.10. The highest BCUT2D eigenvalue weighted by molar-refractivity contribution is 7.18. The second kappa shape index (κ2) is 6.84. The minimum Gasteiger partial charge on any atom is -0.306 e. The van der Waals surface area contributed by atoms with Gasteiger partial charge in [0.2, 0.25) is 0 Å². The minimum absolute atomic E-state index is 0.0334. The number of hydrogen-bond acceptors (Lipinski definition) is 5. The molecule has 0 atom stereocenters. The summed E-state index contributed by atoms with van der Waals surface area (Å²) in [5.74, 6) is 0.463. The number of non-ortho nitro benzene ring substituents is 1. The molecule has 1 aliphatic carbocycles. The van der Waals surface area contributed by atoms with Gasteiger partial charge < -0.3 is 4.98 Å². The van der Waals surface area contributed by atoms with Crippen LogP contribution >= 0.6 is 11.3 Å². The fourth-order valence-corrected chi connectivity index (χ4v) is 4.62. The first-order valence-corrected chi connectivity index (χ1v) is 9.40. The number of aromatic amines is 1. The molecule has 0 unspecified atom stereocenters. The molecule has 0 spiro atoms. The Morgan fingerprint density at radius 3 is 2.88 bits per heavy atom. The number of thiophene rings is 1. The summed E-state index contributed by atoms with van der Waals surface area (Å²) in [4.78, 5) is 32.5. The van der Waals surface area contributed by atoms with Crippen molar-refractivity contribution in [2.75, 3.05) is 0 Å². The summed E-state index contributed by atoms with van der Waals surface area (Å²) >= 11 is 1.62. The fraction of sp³-hybridized carbons (Fsp3) is 0.263. The molecule has 1 aromatic carbocycles. The lowest BCUT2D eigenvalue weighted by atomic mass is 10.1. The van der Waals surface area contributed by atoms with Crippen LogP contribution in [0.1, 0.15) is 41.1 Å². The monoisotopic (exact) mass is 367 g/mol. The van der Waals surface area contributed by atoms with Gasteiger partial charge >= 0.3 is 0 Å². The van der Waals surface area contributed by atoms with Crippen molar-refractivity contribution < 1.29 is 4.92 Å². The summed E-state index contributed by atoms with van der Waals surface area (Å²) in [6.07, 6.45) is 8.86. The smallest absolute Gasteiger partial charge is 0.270 e. The van der Waals surface area contributed by atoms with Crippen LogP contribution in [0.3, 0.4) is 0 Å². The summed E-state index contributed by atoms with van der Waals surface area (Å²) in [6, 6.07) is 6.34. The predicted octanol–water partition coefficient (Wildman–Crippen LogP) is 4.33.